The lowest BCUT2D eigenvalue weighted by Crippen LogP contribution is -2.22. The average Bonchev–Trinajstić information content (AvgIpc) is 2.19. The molecule has 0 saturated carbocycles. The van der Waals surface area contributed by atoms with E-state index in [1.807, 2.05) is 6.07 Å². The zero-order valence-corrected chi connectivity index (χ0v) is 7.48. The van der Waals surface area contributed by atoms with Crippen molar-refractivity contribution in [1.82, 2.24) is 10.2 Å². The first-order valence-corrected chi connectivity index (χ1v) is 4.58. The van der Waals surface area contributed by atoms with Crippen molar-refractivity contribution >= 4 is 5.57 Å². The van der Waals surface area contributed by atoms with Crippen LogP contribution in [0.4, 0.5) is 0 Å². The summed E-state index contributed by atoms with van der Waals surface area (Å²) in [7, 11) is 0. The molecule has 1 aliphatic carbocycles. The third-order valence-electron chi connectivity index (χ3n) is 2.37. The maximum absolute atomic E-state index is 5.89. The van der Waals surface area contributed by atoms with Crippen LogP contribution in [0.2, 0.25) is 0 Å². The van der Waals surface area contributed by atoms with Gasteiger partial charge in [-0.15, -0.1) is 0 Å². The van der Waals surface area contributed by atoms with Crippen LogP contribution in [-0.2, 0) is 0 Å². The topological polar surface area (TPSA) is 51.8 Å². The molecule has 0 radical (unpaired) electrons. The number of allylic oxidation sites excluding steroid dienone is 1. The van der Waals surface area contributed by atoms with Gasteiger partial charge in [-0.2, -0.15) is 10.2 Å². The summed E-state index contributed by atoms with van der Waals surface area (Å²) in [6.45, 7) is 0. The van der Waals surface area contributed by atoms with Crippen LogP contribution in [0.5, 0.6) is 0 Å². The molecule has 1 aromatic rings. The Morgan fingerprint density at radius 3 is 3.00 bits per heavy atom. The number of nitrogens with two attached hydrogens (primary N) is 1. The highest BCUT2D eigenvalue weighted by molar-refractivity contribution is 5.65. The number of rotatable bonds is 1. The van der Waals surface area contributed by atoms with Gasteiger partial charge in [-0.1, -0.05) is 6.08 Å². The third kappa shape index (κ3) is 1.92. The fourth-order valence-corrected chi connectivity index (χ4v) is 1.66. The van der Waals surface area contributed by atoms with E-state index in [0.29, 0.717) is 6.04 Å². The van der Waals surface area contributed by atoms with E-state index in [-0.39, 0.29) is 0 Å². The molecule has 1 aliphatic rings. The minimum atomic E-state index is 0.313. The van der Waals surface area contributed by atoms with Crippen LogP contribution < -0.4 is 5.73 Å². The molecule has 13 heavy (non-hydrogen) atoms. The zero-order valence-electron chi connectivity index (χ0n) is 7.48. The third-order valence-corrected chi connectivity index (χ3v) is 2.37. The Hall–Kier alpha value is -1.22. The molecule has 1 aromatic heterocycles. The monoisotopic (exact) mass is 175 g/mol. The summed E-state index contributed by atoms with van der Waals surface area (Å²) in [5.41, 5.74) is 8.36. The van der Waals surface area contributed by atoms with Crippen LogP contribution in [0.25, 0.3) is 5.57 Å². The quantitative estimate of drug-likeness (QED) is 0.701. The van der Waals surface area contributed by atoms with Crippen molar-refractivity contribution in [2.24, 2.45) is 5.73 Å². The number of hydrogen-bond acceptors (Lipinski definition) is 3. The Balaban J connectivity index is 2.22. The van der Waals surface area contributed by atoms with Crippen molar-refractivity contribution in [3.8, 4) is 0 Å². The predicted octanol–water partition coefficient (Wildman–Crippen LogP) is 1.37. The molecule has 0 fully saturated rings. The Morgan fingerprint density at radius 2 is 2.31 bits per heavy atom. The van der Waals surface area contributed by atoms with Gasteiger partial charge in [-0.3, -0.25) is 0 Å². The van der Waals surface area contributed by atoms with E-state index in [1.54, 1.807) is 12.4 Å². The standard InChI is InChI=1S/C10H13N3/c11-10-3-1-2-8(6-10)9-4-5-12-13-7-9/h2,4-5,7,10H,1,3,6,11H2. The molecular formula is C10H13N3. The highest BCUT2D eigenvalue weighted by Crippen LogP contribution is 2.24. The first kappa shape index (κ1) is 8.38. The Morgan fingerprint density at radius 1 is 1.38 bits per heavy atom. The van der Waals surface area contributed by atoms with E-state index < -0.39 is 0 Å². The molecule has 3 heteroatoms. The molecule has 0 saturated heterocycles. The molecule has 1 heterocycles. The Kier molecular flexibility index (Phi) is 2.36. The number of nitrogens with zero attached hydrogens (tertiary/aromatic N) is 2. The number of aromatic nitrogens is 2. The van der Waals surface area contributed by atoms with Crippen LogP contribution in [0, 0.1) is 0 Å². The van der Waals surface area contributed by atoms with Crippen molar-refractivity contribution in [2.45, 2.75) is 25.3 Å². The van der Waals surface area contributed by atoms with Gasteiger partial charge in [0.05, 0.1) is 12.4 Å². The smallest absolute Gasteiger partial charge is 0.0571 e. The lowest BCUT2D eigenvalue weighted by atomic mass is 9.92. The summed E-state index contributed by atoms with van der Waals surface area (Å²) in [6, 6.07) is 2.30. The molecule has 2 rings (SSSR count). The first-order chi connectivity index (χ1) is 6.36. The van der Waals surface area contributed by atoms with Crippen LogP contribution in [0.15, 0.2) is 24.5 Å². The van der Waals surface area contributed by atoms with Gasteiger partial charge in [0.2, 0.25) is 0 Å². The van der Waals surface area contributed by atoms with E-state index in [2.05, 4.69) is 16.3 Å². The largest absolute Gasteiger partial charge is 0.327 e. The maximum Gasteiger partial charge on any atom is 0.0571 e. The number of hydrogen-bond donors (Lipinski definition) is 1. The van der Waals surface area contributed by atoms with Gasteiger partial charge in [0.15, 0.2) is 0 Å². The molecule has 3 nitrogen and oxygen atoms in total. The molecule has 0 aromatic carbocycles. The van der Waals surface area contributed by atoms with Gasteiger partial charge in [-0.05, 0) is 36.5 Å². The molecule has 1 unspecified atom stereocenters. The summed E-state index contributed by atoms with van der Waals surface area (Å²) in [5.74, 6) is 0. The van der Waals surface area contributed by atoms with E-state index in [4.69, 9.17) is 5.73 Å². The molecule has 0 aliphatic heterocycles. The van der Waals surface area contributed by atoms with Crippen LogP contribution in [0.3, 0.4) is 0 Å². The van der Waals surface area contributed by atoms with Gasteiger partial charge < -0.3 is 5.73 Å². The second-order valence-electron chi connectivity index (χ2n) is 3.40. The molecule has 2 N–H and O–H groups in total. The van der Waals surface area contributed by atoms with Gasteiger partial charge in [0.1, 0.15) is 0 Å². The predicted molar refractivity (Wildman–Crippen MR) is 51.8 cm³/mol. The van der Waals surface area contributed by atoms with Crippen molar-refractivity contribution in [2.75, 3.05) is 0 Å². The van der Waals surface area contributed by atoms with Gasteiger partial charge in [0, 0.05) is 6.04 Å². The van der Waals surface area contributed by atoms with E-state index >= 15 is 0 Å². The van der Waals surface area contributed by atoms with Crippen molar-refractivity contribution in [3.05, 3.63) is 30.1 Å². The van der Waals surface area contributed by atoms with E-state index in [1.165, 1.54) is 5.57 Å². The second kappa shape index (κ2) is 3.66. The minimum Gasteiger partial charge on any atom is -0.327 e. The van der Waals surface area contributed by atoms with Crippen molar-refractivity contribution in [1.29, 1.82) is 0 Å². The minimum absolute atomic E-state index is 0.313. The van der Waals surface area contributed by atoms with Crippen LogP contribution in [-0.4, -0.2) is 16.2 Å². The summed E-state index contributed by atoms with van der Waals surface area (Å²) >= 11 is 0. The summed E-state index contributed by atoms with van der Waals surface area (Å²) in [6.07, 6.45) is 8.91. The van der Waals surface area contributed by atoms with Gasteiger partial charge >= 0.3 is 0 Å². The van der Waals surface area contributed by atoms with Crippen LogP contribution in [0.1, 0.15) is 24.8 Å². The maximum atomic E-state index is 5.89. The van der Waals surface area contributed by atoms with E-state index in [0.717, 1.165) is 24.8 Å². The molecule has 0 amide bonds. The van der Waals surface area contributed by atoms with Crippen molar-refractivity contribution in [3.63, 3.8) is 0 Å². The molecule has 68 valence electrons. The normalized spacial score (nSPS) is 22.5. The Labute approximate surface area is 77.7 Å². The average molecular weight is 175 g/mol. The molecule has 0 spiro atoms. The fraction of sp³-hybridized carbons (Fsp3) is 0.400. The highest BCUT2D eigenvalue weighted by atomic mass is 15.1. The molecular weight excluding hydrogens is 162 g/mol. The molecule has 1 atom stereocenters. The lowest BCUT2D eigenvalue weighted by molar-refractivity contribution is 0.616. The fourth-order valence-electron chi connectivity index (χ4n) is 1.66. The van der Waals surface area contributed by atoms with Gasteiger partial charge in [-0.25, -0.2) is 0 Å². The SMILES string of the molecule is NC1CCC=C(c2ccnnc2)C1. The van der Waals surface area contributed by atoms with Crippen molar-refractivity contribution < 1.29 is 0 Å². The Bertz CT molecular complexity index is 305. The zero-order chi connectivity index (χ0) is 9.10. The van der Waals surface area contributed by atoms with E-state index in [9.17, 15) is 0 Å². The summed E-state index contributed by atoms with van der Waals surface area (Å²) in [4.78, 5) is 0. The lowest BCUT2D eigenvalue weighted by Gasteiger charge is -2.18. The summed E-state index contributed by atoms with van der Waals surface area (Å²) < 4.78 is 0. The second-order valence-corrected chi connectivity index (χ2v) is 3.40. The molecule has 0 bridgehead atoms. The first-order valence-electron chi connectivity index (χ1n) is 4.58. The van der Waals surface area contributed by atoms with Crippen LogP contribution >= 0.6 is 0 Å². The summed E-state index contributed by atoms with van der Waals surface area (Å²) in [5, 5.41) is 7.60. The van der Waals surface area contributed by atoms with Gasteiger partial charge in [0.25, 0.3) is 0 Å². The highest BCUT2D eigenvalue weighted by Gasteiger charge is 2.12.